The zero-order valence-corrected chi connectivity index (χ0v) is 15.3. The first kappa shape index (κ1) is 17.6. The monoisotopic (exact) mass is 371 g/mol. The normalized spacial score (nSPS) is 23.2. The van der Waals surface area contributed by atoms with E-state index >= 15 is 0 Å². The molecule has 2 fully saturated rings. The Morgan fingerprint density at radius 3 is 2.63 bits per heavy atom. The van der Waals surface area contributed by atoms with Gasteiger partial charge in [0.2, 0.25) is 0 Å². The van der Waals surface area contributed by atoms with Crippen molar-refractivity contribution in [2.24, 2.45) is 17.8 Å². The van der Waals surface area contributed by atoms with E-state index in [1.807, 2.05) is 13.0 Å². The van der Waals surface area contributed by atoms with Crippen LogP contribution in [0.2, 0.25) is 0 Å². The minimum atomic E-state index is -0.399. The van der Waals surface area contributed by atoms with Gasteiger partial charge < -0.3 is 18.8 Å². The number of piperidine rings is 1. The molecule has 0 radical (unpaired) electrons. The molecule has 0 bridgehead atoms. The molecular weight excluding hydrogens is 350 g/mol. The van der Waals surface area contributed by atoms with Crippen LogP contribution in [-0.2, 0) is 20.7 Å². The SMILES string of the molecule is CCc1cc(=O)oc2cc(OCC(=O)N3C[C@@H]4C(C(=O)OC)[C@@H]4C3)ccc12. The van der Waals surface area contributed by atoms with Crippen LogP contribution in [0.1, 0.15) is 12.5 Å². The largest absolute Gasteiger partial charge is 0.484 e. The average molecular weight is 371 g/mol. The zero-order chi connectivity index (χ0) is 19.1. The second-order valence-electron chi connectivity index (χ2n) is 7.07. The number of aryl methyl sites for hydroxylation is 1. The summed E-state index contributed by atoms with van der Waals surface area (Å²) in [6.07, 6.45) is 0.727. The van der Waals surface area contributed by atoms with Gasteiger partial charge in [-0.3, -0.25) is 9.59 Å². The van der Waals surface area contributed by atoms with E-state index in [2.05, 4.69) is 0 Å². The molecule has 2 heterocycles. The van der Waals surface area contributed by atoms with Crippen molar-refractivity contribution in [3.05, 3.63) is 40.2 Å². The summed E-state index contributed by atoms with van der Waals surface area (Å²) in [7, 11) is 1.39. The summed E-state index contributed by atoms with van der Waals surface area (Å²) in [5.41, 5.74) is 0.969. The zero-order valence-electron chi connectivity index (χ0n) is 15.3. The number of likely N-dealkylation sites (tertiary alicyclic amines) is 1. The molecule has 4 rings (SSSR count). The topological polar surface area (TPSA) is 86.0 Å². The van der Waals surface area contributed by atoms with Crippen LogP contribution in [0.15, 0.2) is 33.5 Å². The third-order valence-corrected chi connectivity index (χ3v) is 5.56. The van der Waals surface area contributed by atoms with Gasteiger partial charge in [0.1, 0.15) is 11.3 Å². The fraction of sp³-hybridized carbons (Fsp3) is 0.450. The first-order valence-corrected chi connectivity index (χ1v) is 9.07. The third kappa shape index (κ3) is 3.18. The van der Waals surface area contributed by atoms with Gasteiger partial charge >= 0.3 is 11.6 Å². The Hall–Kier alpha value is -2.83. The number of fused-ring (bicyclic) bond motifs is 2. The molecule has 2 aliphatic rings. The summed E-state index contributed by atoms with van der Waals surface area (Å²) in [6, 6.07) is 6.73. The van der Waals surface area contributed by atoms with Crippen molar-refractivity contribution in [3.8, 4) is 5.75 Å². The lowest BCUT2D eigenvalue weighted by atomic mass is 10.1. The number of rotatable bonds is 5. The Morgan fingerprint density at radius 2 is 1.96 bits per heavy atom. The molecule has 1 aliphatic carbocycles. The van der Waals surface area contributed by atoms with Gasteiger partial charge in [-0.2, -0.15) is 0 Å². The van der Waals surface area contributed by atoms with Gasteiger partial charge in [-0.25, -0.2) is 4.79 Å². The van der Waals surface area contributed by atoms with Crippen LogP contribution in [0.25, 0.3) is 11.0 Å². The average Bonchev–Trinajstić information content (AvgIpc) is 3.17. The number of nitrogens with zero attached hydrogens (tertiary/aromatic N) is 1. The Labute approximate surface area is 155 Å². The number of benzene rings is 1. The molecule has 1 aromatic carbocycles. The van der Waals surface area contributed by atoms with Crippen LogP contribution in [-0.4, -0.2) is 43.6 Å². The number of esters is 1. The molecule has 0 spiro atoms. The van der Waals surface area contributed by atoms with Crippen molar-refractivity contribution < 1.29 is 23.5 Å². The maximum absolute atomic E-state index is 12.4. The fourth-order valence-corrected chi connectivity index (χ4v) is 4.04. The molecule has 1 amide bonds. The number of carbonyl (C=O) groups excluding carboxylic acids is 2. The van der Waals surface area contributed by atoms with Crippen LogP contribution >= 0.6 is 0 Å². The Bertz CT molecular complexity index is 953. The van der Waals surface area contributed by atoms with Crippen LogP contribution in [0, 0.1) is 17.8 Å². The van der Waals surface area contributed by atoms with Gasteiger partial charge in [0.05, 0.1) is 13.0 Å². The van der Waals surface area contributed by atoms with Crippen molar-refractivity contribution in [2.75, 3.05) is 26.8 Å². The molecule has 1 aliphatic heterocycles. The van der Waals surface area contributed by atoms with Crippen molar-refractivity contribution in [1.82, 2.24) is 4.90 Å². The van der Waals surface area contributed by atoms with Gasteiger partial charge in [0.15, 0.2) is 6.61 Å². The van der Waals surface area contributed by atoms with Gasteiger partial charge in [-0.05, 0) is 36.0 Å². The summed E-state index contributed by atoms with van der Waals surface area (Å²) in [5.74, 6) is 0.542. The van der Waals surface area contributed by atoms with Crippen LogP contribution in [0.5, 0.6) is 5.75 Å². The second kappa shape index (κ2) is 6.72. The highest BCUT2D eigenvalue weighted by Gasteiger charge is 2.60. The predicted octanol–water partition coefficient (Wildman–Crippen LogP) is 1.61. The van der Waals surface area contributed by atoms with Crippen LogP contribution in [0.4, 0.5) is 0 Å². The van der Waals surface area contributed by atoms with Crippen LogP contribution < -0.4 is 10.4 Å². The van der Waals surface area contributed by atoms with Gasteiger partial charge in [-0.15, -0.1) is 0 Å². The van der Waals surface area contributed by atoms with Gasteiger partial charge in [0.25, 0.3) is 5.91 Å². The summed E-state index contributed by atoms with van der Waals surface area (Å²) in [6.45, 7) is 3.02. The lowest BCUT2D eigenvalue weighted by molar-refractivity contribution is -0.144. The van der Waals surface area contributed by atoms with Gasteiger partial charge in [0, 0.05) is 30.6 Å². The maximum atomic E-state index is 12.4. The number of hydrogen-bond acceptors (Lipinski definition) is 6. The first-order valence-electron chi connectivity index (χ1n) is 9.07. The fourth-order valence-electron chi connectivity index (χ4n) is 4.04. The minimum Gasteiger partial charge on any atom is -0.484 e. The van der Waals surface area contributed by atoms with E-state index in [0.717, 1.165) is 17.4 Å². The summed E-state index contributed by atoms with van der Waals surface area (Å²) in [4.78, 5) is 37.3. The second-order valence-corrected chi connectivity index (χ2v) is 7.07. The smallest absolute Gasteiger partial charge is 0.336 e. The van der Waals surface area contributed by atoms with Crippen molar-refractivity contribution in [1.29, 1.82) is 0 Å². The standard InChI is InChI=1S/C20H21NO6/c1-3-11-6-18(23)27-16-7-12(4-5-13(11)16)26-10-17(22)21-8-14-15(9-21)19(14)20(24)25-2/h4-7,14-15,19H,3,8-10H2,1-2H3/t14-,15+,19?. The number of hydrogen-bond donors (Lipinski definition) is 0. The number of amides is 1. The summed E-state index contributed by atoms with van der Waals surface area (Å²) in [5, 5.41) is 0.865. The molecule has 1 aromatic heterocycles. The molecule has 0 N–H and O–H groups in total. The highest BCUT2D eigenvalue weighted by molar-refractivity contribution is 5.83. The molecule has 1 saturated heterocycles. The molecule has 1 unspecified atom stereocenters. The van der Waals surface area contributed by atoms with E-state index in [1.54, 1.807) is 17.0 Å². The van der Waals surface area contributed by atoms with Crippen LogP contribution in [0.3, 0.4) is 0 Å². The Balaban J connectivity index is 1.37. The summed E-state index contributed by atoms with van der Waals surface area (Å²) < 4.78 is 15.6. The van der Waals surface area contributed by atoms with E-state index in [1.165, 1.54) is 13.2 Å². The molecule has 7 heteroatoms. The van der Waals surface area contributed by atoms with E-state index in [0.29, 0.717) is 24.4 Å². The molecular formula is C20H21NO6. The highest BCUT2D eigenvalue weighted by Crippen LogP contribution is 2.52. The lowest BCUT2D eigenvalue weighted by Crippen LogP contribution is -2.36. The number of ether oxygens (including phenoxy) is 2. The Kier molecular flexibility index (Phi) is 4.37. The predicted molar refractivity (Wildman–Crippen MR) is 96.4 cm³/mol. The Morgan fingerprint density at radius 1 is 1.22 bits per heavy atom. The maximum Gasteiger partial charge on any atom is 0.336 e. The van der Waals surface area contributed by atoms with E-state index in [4.69, 9.17) is 13.9 Å². The quantitative estimate of drug-likeness (QED) is 0.586. The molecule has 2 aromatic rings. The molecule has 27 heavy (non-hydrogen) atoms. The third-order valence-electron chi connectivity index (χ3n) is 5.56. The number of carbonyl (C=O) groups is 2. The highest BCUT2D eigenvalue weighted by atomic mass is 16.5. The summed E-state index contributed by atoms with van der Waals surface area (Å²) >= 11 is 0. The molecule has 7 nitrogen and oxygen atoms in total. The van der Waals surface area contributed by atoms with Crippen molar-refractivity contribution >= 4 is 22.8 Å². The molecule has 142 valence electrons. The minimum absolute atomic E-state index is 0.0592. The van der Waals surface area contributed by atoms with E-state index in [9.17, 15) is 14.4 Å². The first-order chi connectivity index (χ1) is 13.0. The molecule has 1 saturated carbocycles. The van der Waals surface area contributed by atoms with Gasteiger partial charge in [-0.1, -0.05) is 6.92 Å². The van der Waals surface area contributed by atoms with E-state index < -0.39 is 5.63 Å². The number of methoxy groups -OCH3 is 1. The molecule has 3 atom stereocenters. The van der Waals surface area contributed by atoms with E-state index in [-0.39, 0.29) is 36.2 Å². The van der Waals surface area contributed by atoms with Crippen molar-refractivity contribution in [3.63, 3.8) is 0 Å². The van der Waals surface area contributed by atoms with Crippen molar-refractivity contribution in [2.45, 2.75) is 13.3 Å². The lowest BCUT2D eigenvalue weighted by Gasteiger charge is -2.19.